The molecule has 0 saturated carbocycles. The normalized spacial score (nSPS) is 11.4. The number of rotatable bonds is 2. The average Bonchev–Trinajstić information content (AvgIpc) is 2.91. The Morgan fingerprint density at radius 2 is 2.25 bits per heavy atom. The molecule has 3 rings (SSSR count). The van der Waals surface area contributed by atoms with Crippen LogP contribution < -0.4 is 5.73 Å². The van der Waals surface area contributed by atoms with Gasteiger partial charge in [0, 0.05) is 23.8 Å². The monoisotopic (exact) mass is 313 g/mol. The molecule has 6 heteroatoms. The molecule has 2 N–H and O–H groups in total. The van der Waals surface area contributed by atoms with Gasteiger partial charge in [0.2, 0.25) is 0 Å². The number of aromatic nitrogens is 2. The van der Waals surface area contributed by atoms with Gasteiger partial charge in [0.25, 0.3) is 0 Å². The van der Waals surface area contributed by atoms with Crippen LogP contribution in [-0.2, 0) is 6.54 Å². The molecule has 3 nitrogen and oxygen atoms in total. The van der Waals surface area contributed by atoms with Gasteiger partial charge in [-0.3, -0.25) is 4.40 Å². The summed E-state index contributed by atoms with van der Waals surface area (Å²) in [4.78, 5) is 7.70. The van der Waals surface area contributed by atoms with E-state index in [2.05, 4.69) is 37.4 Å². The molecule has 0 radical (unpaired) electrons. The number of thiazole rings is 1. The molecule has 0 bridgehead atoms. The summed E-state index contributed by atoms with van der Waals surface area (Å²) in [6.45, 7) is 0.554. The van der Waals surface area contributed by atoms with Crippen molar-refractivity contribution in [3.8, 4) is 10.6 Å². The molecule has 3 heterocycles. The number of nitrogens with two attached hydrogens (primary N) is 1. The number of fused-ring (bicyclic) bond motifs is 1. The van der Waals surface area contributed by atoms with Gasteiger partial charge < -0.3 is 5.73 Å². The molecule has 82 valence electrons. The summed E-state index contributed by atoms with van der Waals surface area (Å²) in [5.74, 6) is 0. The minimum atomic E-state index is 0.554. The number of thiophene rings is 1. The minimum absolute atomic E-state index is 0.554. The van der Waals surface area contributed by atoms with E-state index in [0.29, 0.717) is 6.54 Å². The van der Waals surface area contributed by atoms with Gasteiger partial charge in [-0.1, -0.05) is 11.3 Å². The van der Waals surface area contributed by atoms with Crippen LogP contribution in [0.25, 0.3) is 15.5 Å². The third-order valence-electron chi connectivity index (χ3n) is 2.32. The van der Waals surface area contributed by atoms with Crippen LogP contribution in [0.15, 0.2) is 28.3 Å². The van der Waals surface area contributed by atoms with Crippen LogP contribution in [-0.4, -0.2) is 9.38 Å². The van der Waals surface area contributed by atoms with Gasteiger partial charge in [0.1, 0.15) is 0 Å². The first-order chi connectivity index (χ1) is 7.79. The van der Waals surface area contributed by atoms with Gasteiger partial charge in [-0.15, -0.1) is 11.3 Å². The second-order valence-electron chi connectivity index (χ2n) is 3.26. The Bertz CT molecular complexity index is 637. The maximum atomic E-state index is 5.78. The second-order valence-corrected chi connectivity index (χ2v) is 6.79. The Balaban J connectivity index is 2.30. The van der Waals surface area contributed by atoms with Crippen molar-refractivity contribution in [2.75, 3.05) is 0 Å². The Labute approximate surface area is 109 Å². The molecule has 0 saturated heterocycles. The lowest BCUT2D eigenvalue weighted by Crippen LogP contribution is -1.96. The predicted molar refractivity (Wildman–Crippen MR) is 72.0 cm³/mol. The van der Waals surface area contributed by atoms with Crippen molar-refractivity contribution in [3.63, 3.8) is 0 Å². The maximum Gasteiger partial charge on any atom is 0.194 e. The van der Waals surface area contributed by atoms with Crippen LogP contribution in [0.5, 0.6) is 0 Å². The fourth-order valence-electron chi connectivity index (χ4n) is 1.66. The van der Waals surface area contributed by atoms with Crippen molar-refractivity contribution in [3.05, 3.63) is 33.2 Å². The molecule has 0 unspecified atom stereocenters. The molecule has 0 aromatic carbocycles. The van der Waals surface area contributed by atoms with Crippen LogP contribution in [0.3, 0.4) is 0 Å². The first-order valence-corrected chi connectivity index (χ1v) is 7.12. The smallest absolute Gasteiger partial charge is 0.194 e. The van der Waals surface area contributed by atoms with Crippen molar-refractivity contribution >= 4 is 43.6 Å². The molecule has 3 aromatic rings. The van der Waals surface area contributed by atoms with Crippen molar-refractivity contribution in [2.45, 2.75) is 6.54 Å². The highest BCUT2D eigenvalue weighted by molar-refractivity contribution is 9.11. The van der Waals surface area contributed by atoms with Crippen molar-refractivity contribution < 1.29 is 0 Å². The Kier molecular flexibility index (Phi) is 2.59. The fourth-order valence-corrected chi connectivity index (χ4v) is 4.16. The van der Waals surface area contributed by atoms with Gasteiger partial charge in [0.05, 0.1) is 14.4 Å². The van der Waals surface area contributed by atoms with E-state index in [1.807, 2.05) is 12.4 Å². The highest BCUT2D eigenvalue weighted by Crippen LogP contribution is 2.36. The van der Waals surface area contributed by atoms with E-state index < -0.39 is 0 Å². The van der Waals surface area contributed by atoms with Crippen molar-refractivity contribution in [2.24, 2.45) is 5.73 Å². The molecule has 0 aliphatic carbocycles. The van der Waals surface area contributed by atoms with E-state index in [4.69, 9.17) is 5.73 Å². The molecular formula is C10H8BrN3S2. The number of halogens is 1. The zero-order valence-electron chi connectivity index (χ0n) is 8.18. The van der Waals surface area contributed by atoms with E-state index in [-0.39, 0.29) is 0 Å². The number of imidazole rings is 1. The summed E-state index contributed by atoms with van der Waals surface area (Å²) in [6, 6.07) is 4.16. The second kappa shape index (κ2) is 3.96. The first-order valence-electron chi connectivity index (χ1n) is 4.70. The largest absolute Gasteiger partial charge is 0.326 e. The zero-order valence-corrected chi connectivity index (χ0v) is 11.4. The molecule has 3 aromatic heterocycles. The van der Waals surface area contributed by atoms with E-state index in [0.717, 1.165) is 8.75 Å². The fraction of sp³-hybridized carbons (Fsp3) is 0.100. The average molecular weight is 314 g/mol. The number of nitrogens with zero attached hydrogens (tertiary/aromatic N) is 2. The molecule has 0 spiro atoms. The summed E-state index contributed by atoms with van der Waals surface area (Å²) in [5, 5.41) is 0. The molecule has 0 aliphatic heterocycles. The summed E-state index contributed by atoms with van der Waals surface area (Å²) in [7, 11) is 0. The predicted octanol–water partition coefficient (Wildman–Crippen LogP) is 3.35. The van der Waals surface area contributed by atoms with Gasteiger partial charge >= 0.3 is 0 Å². The quantitative estimate of drug-likeness (QED) is 0.788. The van der Waals surface area contributed by atoms with Crippen LogP contribution in [0.2, 0.25) is 0 Å². The third kappa shape index (κ3) is 1.53. The standard InChI is InChI=1S/C10H8BrN3S2/c11-8-2-1-6(15-8)9-7(5-12)16-10-13-3-4-14(9)10/h1-4H,5,12H2. The van der Waals surface area contributed by atoms with Gasteiger partial charge in [0.15, 0.2) is 4.96 Å². The van der Waals surface area contributed by atoms with Crippen molar-refractivity contribution in [1.29, 1.82) is 0 Å². The first kappa shape index (κ1) is 10.5. The van der Waals surface area contributed by atoms with E-state index in [1.54, 1.807) is 22.7 Å². The Morgan fingerprint density at radius 1 is 1.38 bits per heavy atom. The summed E-state index contributed by atoms with van der Waals surface area (Å²) in [5.41, 5.74) is 6.96. The summed E-state index contributed by atoms with van der Waals surface area (Å²) < 4.78 is 3.23. The Morgan fingerprint density at radius 3 is 2.94 bits per heavy atom. The van der Waals surface area contributed by atoms with Gasteiger partial charge in [-0.25, -0.2) is 4.98 Å². The number of hydrogen-bond acceptors (Lipinski definition) is 4. The van der Waals surface area contributed by atoms with Crippen LogP contribution >= 0.6 is 38.6 Å². The molecule has 0 aliphatic rings. The van der Waals surface area contributed by atoms with E-state index in [9.17, 15) is 0 Å². The summed E-state index contributed by atoms with van der Waals surface area (Å²) in [6.07, 6.45) is 3.80. The van der Waals surface area contributed by atoms with Crippen LogP contribution in [0, 0.1) is 0 Å². The van der Waals surface area contributed by atoms with Gasteiger partial charge in [-0.2, -0.15) is 0 Å². The Hall–Kier alpha value is -0.690. The van der Waals surface area contributed by atoms with Gasteiger partial charge in [-0.05, 0) is 28.1 Å². The molecule has 0 amide bonds. The summed E-state index contributed by atoms with van der Waals surface area (Å²) >= 11 is 6.85. The van der Waals surface area contributed by atoms with Crippen LogP contribution in [0.1, 0.15) is 4.88 Å². The lowest BCUT2D eigenvalue weighted by atomic mass is 10.3. The van der Waals surface area contributed by atoms with Crippen LogP contribution in [0.4, 0.5) is 0 Å². The minimum Gasteiger partial charge on any atom is -0.326 e. The highest BCUT2D eigenvalue weighted by atomic mass is 79.9. The third-order valence-corrected chi connectivity index (χ3v) is 5.04. The van der Waals surface area contributed by atoms with E-state index >= 15 is 0 Å². The maximum absolute atomic E-state index is 5.78. The zero-order chi connectivity index (χ0) is 11.1. The topological polar surface area (TPSA) is 43.3 Å². The number of hydrogen-bond donors (Lipinski definition) is 1. The van der Waals surface area contributed by atoms with E-state index in [1.165, 1.54) is 15.4 Å². The SMILES string of the molecule is NCc1sc2nccn2c1-c1ccc(Br)s1. The lowest BCUT2D eigenvalue weighted by Gasteiger charge is -1.98. The van der Waals surface area contributed by atoms with Crippen molar-refractivity contribution in [1.82, 2.24) is 9.38 Å². The highest BCUT2D eigenvalue weighted by Gasteiger charge is 2.14. The molecular weight excluding hydrogens is 306 g/mol. The molecule has 0 fully saturated rings. The lowest BCUT2D eigenvalue weighted by molar-refractivity contribution is 1.09. The molecule has 0 atom stereocenters. The molecule has 16 heavy (non-hydrogen) atoms.